The molecular weight excluding hydrogens is 883 g/mol. The average Bonchev–Trinajstić information content (AvgIpc) is 3.83. The number of carbonyl (C=O) groups excluding carboxylic acids is 4. The Bertz CT molecular complexity index is 2230. The van der Waals surface area contributed by atoms with Crippen molar-refractivity contribution in [2.24, 2.45) is 5.92 Å². The van der Waals surface area contributed by atoms with Crippen LogP contribution >= 0.6 is 0 Å². The number of likely N-dealkylation sites (tertiary alicyclic amines) is 1. The Morgan fingerprint density at radius 3 is 1.82 bits per heavy atom. The van der Waals surface area contributed by atoms with E-state index in [0.29, 0.717) is 6.04 Å². The Kier molecular flexibility index (Phi) is 18.5. The normalized spacial score (nSPS) is 19.7. The van der Waals surface area contributed by atoms with Gasteiger partial charge in [-0.15, -0.1) is 0 Å². The molecule has 4 aromatic carbocycles. The molecular formula is C53H67N3O11Si. The van der Waals surface area contributed by atoms with Gasteiger partial charge < -0.3 is 33.2 Å². The smallest absolute Gasteiger partial charge is 0.418 e. The molecule has 6 rings (SSSR count). The van der Waals surface area contributed by atoms with E-state index in [0.717, 1.165) is 27.2 Å². The molecule has 0 aromatic heterocycles. The number of hydrogen-bond acceptors (Lipinski definition) is 11. The number of benzene rings is 4. The molecule has 4 amide bonds. The molecule has 2 aliphatic rings. The van der Waals surface area contributed by atoms with Gasteiger partial charge in [0.15, 0.2) is 6.23 Å². The number of ether oxygens (including phenoxy) is 7. The molecule has 0 N–H and O–H groups in total. The number of imide groups is 1. The zero-order valence-electron chi connectivity index (χ0n) is 40.2. The van der Waals surface area contributed by atoms with E-state index in [-0.39, 0.29) is 65.1 Å². The Hall–Kier alpha value is -5.84. The van der Waals surface area contributed by atoms with Crippen LogP contribution in [0.3, 0.4) is 0 Å². The minimum Gasteiger partial charge on any atom is -0.449 e. The van der Waals surface area contributed by atoms with E-state index < -0.39 is 68.5 Å². The SMILES string of the molecule is C=CCOC(=O)N1C[C@H](C)[C@H](OCc2ccccc2)[C@H]1C(=O)N(C(=O)OCC[Si](C)(C)C)[C@H](OCc1ccccc1)[C@@H](C[C@H]1COC(C)(C)N1C(=O)OCc1ccccc1)OCc1ccccc1. The summed E-state index contributed by atoms with van der Waals surface area (Å²) >= 11 is 0. The second-order valence-electron chi connectivity index (χ2n) is 18.9. The topological polar surface area (TPSA) is 143 Å². The highest BCUT2D eigenvalue weighted by molar-refractivity contribution is 6.76. The lowest BCUT2D eigenvalue weighted by Crippen LogP contribution is -2.61. The summed E-state index contributed by atoms with van der Waals surface area (Å²) in [4.78, 5) is 62.9. The van der Waals surface area contributed by atoms with Gasteiger partial charge in [0.25, 0.3) is 5.91 Å². The first kappa shape index (κ1) is 51.5. The molecule has 15 heteroatoms. The maximum absolute atomic E-state index is 15.9. The Balaban J connectivity index is 1.45. The summed E-state index contributed by atoms with van der Waals surface area (Å²) in [5, 5.41) is 0. The van der Waals surface area contributed by atoms with Crippen LogP contribution in [0.25, 0.3) is 0 Å². The molecule has 0 bridgehead atoms. The fourth-order valence-electron chi connectivity index (χ4n) is 8.32. The van der Waals surface area contributed by atoms with Crippen LogP contribution in [0.15, 0.2) is 134 Å². The zero-order valence-corrected chi connectivity index (χ0v) is 41.2. The van der Waals surface area contributed by atoms with Crippen molar-refractivity contribution < 1.29 is 52.3 Å². The van der Waals surface area contributed by atoms with E-state index in [1.54, 1.807) is 13.8 Å². The highest BCUT2D eigenvalue weighted by Crippen LogP contribution is 2.35. The van der Waals surface area contributed by atoms with Crippen LogP contribution in [-0.2, 0) is 64.4 Å². The van der Waals surface area contributed by atoms with Gasteiger partial charge in [-0.3, -0.25) is 14.6 Å². The van der Waals surface area contributed by atoms with Crippen molar-refractivity contribution in [2.75, 3.05) is 26.4 Å². The molecule has 2 fully saturated rings. The maximum Gasteiger partial charge on any atom is 0.418 e. The molecule has 2 saturated heterocycles. The Labute approximate surface area is 402 Å². The predicted molar refractivity (Wildman–Crippen MR) is 260 cm³/mol. The molecule has 2 heterocycles. The van der Waals surface area contributed by atoms with Gasteiger partial charge in [-0.1, -0.05) is 161 Å². The van der Waals surface area contributed by atoms with Gasteiger partial charge in [0.2, 0.25) is 0 Å². The summed E-state index contributed by atoms with van der Waals surface area (Å²) in [6.45, 7) is 15.9. The quantitative estimate of drug-likeness (QED) is 0.0341. The number of nitrogens with zero attached hydrogens (tertiary/aromatic N) is 3. The maximum atomic E-state index is 15.9. The molecule has 0 spiro atoms. The Morgan fingerprint density at radius 2 is 1.28 bits per heavy atom. The molecule has 0 radical (unpaired) electrons. The highest BCUT2D eigenvalue weighted by atomic mass is 28.3. The first-order chi connectivity index (χ1) is 32.6. The van der Waals surface area contributed by atoms with E-state index >= 15 is 9.59 Å². The molecule has 4 aromatic rings. The summed E-state index contributed by atoms with van der Waals surface area (Å²) in [6.07, 6.45) is -4.43. The first-order valence-electron chi connectivity index (χ1n) is 23.3. The summed E-state index contributed by atoms with van der Waals surface area (Å²) in [7, 11) is -1.75. The summed E-state index contributed by atoms with van der Waals surface area (Å²) in [6, 6.07) is 36.2. The molecule has 364 valence electrons. The monoisotopic (exact) mass is 949 g/mol. The molecule has 14 nitrogen and oxygen atoms in total. The minimum absolute atomic E-state index is 0.0161. The number of hydrogen-bond donors (Lipinski definition) is 0. The number of amides is 4. The van der Waals surface area contributed by atoms with Gasteiger partial charge in [0, 0.05) is 27.0 Å². The van der Waals surface area contributed by atoms with Crippen molar-refractivity contribution in [3.8, 4) is 0 Å². The van der Waals surface area contributed by atoms with Gasteiger partial charge in [0.05, 0.1) is 45.2 Å². The zero-order chi connectivity index (χ0) is 48.7. The molecule has 0 aliphatic carbocycles. The predicted octanol–water partition coefficient (Wildman–Crippen LogP) is 9.81. The van der Waals surface area contributed by atoms with Gasteiger partial charge >= 0.3 is 18.3 Å². The van der Waals surface area contributed by atoms with E-state index in [2.05, 4.69) is 26.2 Å². The summed E-state index contributed by atoms with van der Waals surface area (Å²) in [5.74, 6) is -1.19. The van der Waals surface area contributed by atoms with E-state index in [9.17, 15) is 9.59 Å². The molecule has 0 saturated carbocycles. The molecule has 6 atom stereocenters. The van der Waals surface area contributed by atoms with Crippen LogP contribution < -0.4 is 0 Å². The van der Waals surface area contributed by atoms with Crippen LogP contribution in [0.2, 0.25) is 25.7 Å². The molecule has 68 heavy (non-hydrogen) atoms. The van der Waals surface area contributed by atoms with Crippen molar-refractivity contribution in [3.63, 3.8) is 0 Å². The van der Waals surface area contributed by atoms with E-state index in [1.807, 2.05) is 128 Å². The van der Waals surface area contributed by atoms with Crippen LogP contribution in [0.4, 0.5) is 14.4 Å². The lowest BCUT2D eigenvalue weighted by Gasteiger charge is -2.40. The van der Waals surface area contributed by atoms with E-state index in [1.165, 1.54) is 15.9 Å². The van der Waals surface area contributed by atoms with E-state index in [4.69, 9.17) is 33.2 Å². The lowest BCUT2D eigenvalue weighted by molar-refractivity contribution is -0.175. The molecule has 2 aliphatic heterocycles. The van der Waals surface area contributed by atoms with Crippen LogP contribution in [0.1, 0.15) is 49.4 Å². The standard InChI is InChI=1S/C53H67N3O11Si/c1-8-29-61-50(58)54-33-39(2)47(64-35-41-23-15-10-16-24-41)46(54)48(57)55(51(59)62-30-31-68(5,6)7)49(65-36-42-25-17-11-18-26-42)45(63-34-40-21-13-9-14-22-40)32-44-38-67-53(3,4)56(44)52(60)66-37-43-27-19-12-20-28-43/h8-28,39,44-47,49H,1,29-38H2,2-7H3/t39-,44-,45+,46-,47-,49+/m0/s1. The summed E-state index contributed by atoms with van der Waals surface area (Å²) < 4.78 is 44.0. The third kappa shape index (κ3) is 14.3. The highest BCUT2D eigenvalue weighted by Gasteiger charge is 2.54. The van der Waals surface area contributed by atoms with Crippen LogP contribution in [0, 0.1) is 5.92 Å². The Morgan fingerprint density at radius 1 is 0.750 bits per heavy atom. The van der Waals surface area contributed by atoms with Crippen molar-refractivity contribution in [1.29, 1.82) is 0 Å². The fraction of sp³-hybridized carbons (Fsp3) is 0.434. The number of carbonyl (C=O) groups is 4. The third-order valence-corrected chi connectivity index (χ3v) is 13.6. The molecule has 0 unspecified atom stereocenters. The van der Waals surface area contributed by atoms with Gasteiger partial charge in [-0.05, 0) is 42.1 Å². The van der Waals surface area contributed by atoms with Gasteiger partial charge in [-0.25, -0.2) is 19.3 Å². The minimum atomic E-state index is -1.75. The summed E-state index contributed by atoms with van der Waals surface area (Å²) in [5.41, 5.74) is 2.12. The third-order valence-electron chi connectivity index (χ3n) is 11.9. The second kappa shape index (κ2) is 24.4. The van der Waals surface area contributed by atoms with Crippen molar-refractivity contribution in [2.45, 2.75) is 116 Å². The number of rotatable bonds is 21. The van der Waals surface area contributed by atoms with Crippen molar-refractivity contribution >= 4 is 32.3 Å². The largest absolute Gasteiger partial charge is 0.449 e. The second-order valence-corrected chi connectivity index (χ2v) is 24.5. The van der Waals surface area contributed by atoms with Crippen molar-refractivity contribution in [1.82, 2.24) is 14.7 Å². The van der Waals surface area contributed by atoms with Crippen molar-refractivity contribution in [3.05, 3.63) is 156 Å². The van der Waals surface area contributed by atoms with Crippen LogP contribution in [-0.4, -0.2) is 110 Å². The average molecular weight is 950 g/mol. The van der Waals surface area contributed by atoms with Gasteiger partial charge in [0.1, 0.15) is 31.1 Å². The first-order valence-corrected chi connectivity index (χ1v) is 27.0. The van der Waals surface area contributed by atoms with Crippen LogP contribution in [0.5, 0.6) is 0 Å². The van der Waals surface area contributed by atoms with Gasteiger partial charge in [-0.2, -0.15) is 0 Å². The lowest BCUT2D eigenvalue weighted by atomic mass is 10.0. The fourth-order valence-corrected chi connectivity index (χ4v) is 9.04.